The molecule has 0 bridgehead atoms. The average molecular weight is 367 g/mol. The Morgan fingerprint density at radius 3 is 2.67 bits per heavy atom. The highest BCUT2D eigenvalue weighted by atomic mass is 79.9. The van der Waals surface area contributed by atoms with Crippen LogP contribution in [-0.4, -0.2) is 35.0 Å². The Kier molecular flexibility index (Phi) is 4.50. The van der Waals surface area contributed by atoms with Crippen LogP contribution in [0.15, 0.2) is 33.7 Å². The monoisotopic (exact) mass is 366 g/mol. The Morgan fingerprint density at radius 2 is 2.05 bits per heavy atom. The van der Waals surface area contributed by atoms with Gasteiger partial charge in [-0.1, -0.05) is 0 Å². The molecule has 1 aliphatic rings. The first-order valence-corrected chi connectivity index (χ1v) is 8.46. The molecule has 0 unspecified atom stereocenters. The molecule has 0 aromatic carbocycles. The molecule has 0 saturated carbocycles. The lowest BCUT2D eigenvalue weighted by Gasteiger charge is -2.32. The number of halogens is 1. The molecule has 3 heterocycles. The van der Waals surface area contributed by atoms with Gasteiger partial charge in [0.15, 0.2) is 0 Å². The van der Waals surface area contributed by atoms with Gasteiger partial charge in [-0.2, -0.15) is 0 Å². The molecule has 0 radical (unpaired) electrons. The second-order valence-electron chi connectivity index (χ2n) is 4.92. The van der Waals surface area contributed by atoms with Crippen molar-refractivity contribution in [2.75, 3.05) is 18.0 Å². The maximum absolute atomic E-state index is 12.1. The fourth-order valence-corrected chi connectivity index (χ4v) is 3.51. The van der Waals surface area contributed by atoms with E-state index < -0.39 is 0 Å². The molecule has 0 atom stereocenters. The molecule has 2 aromatic rings. The van der Waals surface area contributed by atoms with Crippen molar-refractivity contribution >= 4 is 39.1 Å². The molecule has 0 spiro atoms. The number of amides is 1. The average Bonchev–Trinajstić information content (AvgIpc) is 2.96. The predicted molar refractivity (Wildman–Crippen MR) is 86.8 cm³/mol. The van der Waals surface area contributed by atoms with Crippen molar-refractivity contribution in [3.63, 3.8) is 0 Å². The van der Waals surface area contributed by atoms with E-state index in [1.165, 1.54) is 11.3 Å². The summed E-state index contributed by atoms with van der Waals surface area (Å²) < 4.78 is 0.976. The molecule has 2 aromatic heterocycles. The lowest BCUT2D eigenvalue weighted by molar-refractivity contribution is 0.0931. The van der Waals surface area contributed by atoms with Gasteiger partial charge in [-0.3, -0.25) is 4.79 Å². The summed E-state index contributed by atoms with van der Waals surface area (Å²) in [6.07, 6.45) is 5.33. The lowest BCUT2D eigenvalue weighted by Crippen LogP contribution is -2.45. The van der Waals surface area contributed by atoms with E-state index in [-0.39, 0.29) is 11.9 Å². The summed E-state index contributed by atoms with van der Waals surface area (Å²) in [7, 11) is 0. The fraction of sp³-hybridized carbons (Fsp3) is 0.357. The van der Waals surface area contributed by atoms with Crippen molar-refractivity contribution in [2.24, 2.45) is 0 Å². The van der Waals surface area contributed by atoms with Crippen LogP contribution in [0.2, 0.25) is 0 Å². The van der Waals surface area contributed by atoms with E-state index in [1.807, 2.05) is 17.5 Å². The molecule has 0 aliphatic carbocycles. The molecule has 5 nitrogen and oxygen atoms in total. The predicted octanol–water partition coefficient (Wildman–Crippen LogP) is 2.70. The van der Waals surface area contributed by atoms with Gasteiger partial charge in [0.05, 0.1) is 9.35 Å². The molecule has 21 heavy (non-hydrogen) atoms. The van der Waals surface area contributed by atoms with Crippen molar-refractivity contribution in [3.05, 3.63) is 39.3 Å². The second kappa shape index (κ2) is 6.53. The third-order valence-corrected chi connectivity index (χ3v) is 5.00. The van der Waals surface area contributed by atoms with Crippen molar-refractivity contribution in [2.45, 2.75) is 18.9 Å². The summed E-state index contributed by atoms with van der Waals surface area (Å²) in [4.78, 5) is 22.8. The second-order valence-corrected chi connectivity index (χ2v) is 7.21. The number of thiophene rings is 1. The van der Waals surface area contributed by atoms with Crippen LogP contribution >= 0.6 is 27.3 Å². The number of anilines is 1. The van der Waals surface area contributed by atoms with E-state index in [2.05, 4.69) is 36.1 Å². The quantitative estimate of drug-likeness (QED) is 0.906. The van der Waals surface area contributed by atoms with Gasteiger partial charge in [-0.25, -0.2) is 9.97 Å². The van der Waals surface area contributed by atoms with Crippen LogP contribution in [0.4, 0.5) is 5.95 Å². The van der Waals surface area contributed by atoms with Gasteiger partial charge in [0.2, 0.25) is 5.95 Å². The number of carbonyl (C=O) groups excluding carboxylic acids is 1. The molecular formula is C14H15BrN4OS. The van der Waals surface area contributed by atoms with Gasteiger partial charge < -0.3 is 10.2 Å². The van der Waals surface area contributed by atoms with Gasteiger partial charge in [0.1, 0.15) is 0 Å². The zero-order valence-electron chi connectivity index (χ0n) is 11.3. The topological polar surface area (TPSA) is 58.1 Å². The Labute approximate surface area is 135 Å². The number of rotatable bonds is 3. The van der Waals surface area contributed by atoms with E-state index in [4.69, 9.17) is 0 Å². The van der Waals surface area contributed by atoms with E-state index in [9.17, 15) is 4.79 Å². The van der Waals surface area contributed by atoms with Crippen LogP contribution in [0.25, 0.3) is 0 Å². The summed E-state index contributed by atoms with van der Waals surface area (Å²) in [6.45, 7) is 1.73. The molecule has 1 saturated heterocycles. The normalized spacial score (nSPS) is 16.0. The van der Waals surface area contributed by atoms with Crippen molar-refractivity contribution in [1.82, 2.24) is 15.3 Å². The Morgan fingerprint density at radius 1 is 1.33 bits per heavy atom. The van der Waals surface area contributed by atoms with Crippen LogP contribution in [0.3, 0.4) is 0 Å². The number of hydrogen-bond donors (Lipinski definition) is 1. The van der Waals surface area contributed by atoms with E-state index >= 15 is 0 Å². The third kappa shape index (κ3) is 3.59. The minimum absolute atomic E-state index is 0.00589. The van der Waals surface area contributed by atoms with Crippen LogP contribution in [0.1, 0.15) is 23.2 Å². The first-order chi connectivity index (χ1) is 10.2. The Hall–Kier alpha value is -1.47. The van der Waals surface area contributed by atoms with Gasteiger partial charge >= 0.3 is 0 Å². The molecule has 1 aliphatic heterocycles. The van der Waals surface area contributed by atoms with Crippen LogP contribution in [0.5, 0.6) is 0 Å². The van der Waals surface area contributed by atoms with Gasteiger partial charge in [-0.05, 0) is 40.9 Å². The maximum Gasteiger partial charge on any atom is 0.252 e. The fourth-order valence-electron chi connectivity index (χ4n) is 2.38. The smallest absolute Gasteiger partial charge is 0.252 e. The highest BCUT2D eigenvalue weighted by Gasteiger charge is 2.22. The van der Waals surface area contributed by atoms with E-state index in [1.54, 1.807) is 12.4 Å². The summed E-state index contributed by atoms with van der Waals surface area (Å²) in [5.74, 6) is 0.774. The molecule has 3 rings (SSSR count). The van der Waals surface area contributed by atoms with E-state index in [0.29, 0.717) is 0 Å². The van der Waals surface area contributed by atoms with Gasteiger partial charge in [-0.15, -0.1) is 11.3 Å². The summed E-state index contributed by atoms with van der Waals surface area (Å²) in [6, 6.07) is 3.89. The first-order valence-electron chi connectivity index (χ1n) is 6.79. The minimum Gasteiger partial charge on any atom is -0.349 e. The van der Waals surface area contributed by atoms with E-state index in [0.717, 1.165) is 41.2 Å². The van der Waals surface area contributed by atoms with Gasteiger partial charge in [0.25, 0.3) is 5.91 Å². The summed E-state index contributed by atoms with van der Waals surface area (Å²) >= 11 is 4.90. The standard InChI is InChI=1S/C14H15BrN4OS/c15-12-8-10(9-21-12)13(20)18-11-2-6-19(7-3-11)14-16-4-1-5-17-14/h1,4-5,8-9,11H,2-3,6-7H2,(H,18,20). The number of nitrogens with one attached hydrogen (secondary N) is 1. The molecule has 1 N–H and O–H groups in total. The van der Waals surface area contributed by atoms with Gasteiger partial charge in [0, 0.05) is 36.9 Å². The molecule has 1 amide bonds. The summed E-state index contributed by atoms with van der Waals surface area (Å²) in [5.41, 5.74) is 0.723. The lowest BCUT2D eigenvalue weighted by atomic mass is 10.0. The van der Waals surface area contributed by atoms with Crippen LogP contribution in [-0.2, 0) is 0 Å². The number of aromatic nitrogens is 2. The van der Waals surface area contributed by atoms with Crippen LogP contribution in [0, 0.1) is 0 Å². The number of hydrogen-bond acceptors (Lipinski definition) is 5. The highest BCUT2D eigenvalue weighted by molar-refractivity contribution is 9.11. The van der Waals surface area contributed by atoms with Crippen molar-refractivity contribution in [1.29, 1.82) is 0 Å². The SMILES string of the molecule is O=C(NC1CCN(c2ncccn2)CC1)c1csc(Br)c1. The zero-order chi connectivity index (χ0) is 14.7. The summed E-state index contributed by atoms with van der Waals surface area (Å²) in [5, 5.41) is 4.97. The molecular weight excluding hydrogens is 352 g/mol. The Balaban J connectivity index is 1.53. The van der Waals surface area contributed by atoms with Crippen molar-refractivity contribution < 1.29 is 4.79 Å². The third-order valence-electron chi connectivity index (χ3n) is 3.49. The number of piperidine rings is 1. The maximum atomic E-state index is 12.1. The zero-order valence-corrected chi connectivity index (χ0v) is 13.7. The molecule has 1 fully saturated rings. The minimum atomic E-state index is 0.00589. The largest absolute Gasteiger partial charge is 0.349 e. The number of carbonyl (C=O) groups is 1. The molecule has 110 valence electrons. The van der Waals surface area contributed by atoms with Crippen LogP contribution < -0.4 is 10.2 Å². The molecule has 7 heteroatoms. The first kappa shape index (κ1) is 14.5. The number of nitrogens with zero attached hydrogens (tertiary/aromatic N) is 3. The van der Waals surface area contributed by atoms with Crippen molar-refractivity contribution in [3.8, 4) is 0 Å². The highest BCUT2D eigenvalue weighted by Crippen LogP contribution is 2.21. The Bertz CT molecular complexity index is 610.